The number of hydrogen-bond acceptors (Lipinski definition) is 3. The molecular formula is C10H12ClNO3. The van der Waals surface area contributed by atoms with E-state index in [-0.39, 0.29) is 23.6 Å². The number of β-lactam (4-membered cyclic amide) rings is 1. The fourth-order valence-electron chi connectivity index (χ4n) is 2.48. The molecule has 0 aliphatic carbocycles. The number of halogens is 1. The second kappa shape index (κ2) is 3.32. The number of allylic oxidation sites excluding steroid dienone is 1. The molecular weight excluding hydrogens is 218 g/mol. The zero-order valence-electron chi connectivity index (χ0n) is 8.53. The van der Waals surface area contributed by atoms with Gasteiger partial charge in [0.2, 0.25) is 5.91 Å². The Morgan fingerprint density at radius 1 is 1.67 bits per heavy atom. The van der Waals surface area contributed by atoms with Crippen LogP contribution < -0.4 is 0 Å². The number of fused-ring (bicyclic) bond motifs is 1. The molecule has 2 rings (SSSR count). The molecule has 82 valence electrons. The molecule has 2 aliphatic rings. The molecule has 4 nitrogen and oxygen atoms in total. The molecule has 15 heavy (non-hydrogen) atoms. The first-order valence-corrected chi connectivity index (χ1v) is 5.27. The summed E-state index contributed by atoms with van der Waals surface area (Å²) in [5.74, 6) is -0.0769. The molecule has 0 aromatic carbocycles. The molecule has 0 bridgehead atoms. The van der Waals surface area contributed by atoms with Crippen molar-refractivity contribution in [1.82, 2.24) is 4.90 Å². The van der Waals surface area contributed by atoms with Crippen LogP contribution in [-0.4, -0.2) is 33.3 Å². The zero-order chi connectivity index (χ0) is 11.3. The number of aliphatic hydroxyl groups excluding tert-OH is 1. The molecule has 0 spiro atoms. The molecule has 1 fully saturated rings. The lowest BCUT2D eigenvalue weighted by atomic mass is 9.88. The fraction of sp³-hybridized carbons (Fsp3) is 0.600. The third kappa shape index (κ3) is 1.32. The van der Waals surface area contributed by atoms with Crippen molar-refractivity contribution in [3.63, 3.8) is 0 Å². The number of carbonyl (C=O) groups is 2. The second-order valence-corrected chi connectivity index (χ2v) is 4.42. The highest BCUT2D eigenvalue weighted by atomic mass is 35.5. The molecule has 0 aromatic rings. The van der Waals surface area contributed by atoms with Crippen LogP contribution in [0.1, 0.15) is 20.3 Å². The van der Waals surface area contributed by atoms with Crippen LogP contribution in [0, 0.1) is 5.92 Å². The molecule has 2 aliphatic heterocycles. The van der Waals surface area contributed by atoms with Gasteiger partial charge in [0.05, 0.1) is 12.1 Å². The zero-order valence-corrected chi connectivity index (χ0v) is 9.28. The molecule has 0 saturated carbocycles. The van der Waals surface area contributed by atoms with Gasteiger partial charge in [-0.15, -0.1) is 0 Å². The Morgan fingerprint density at radius 2 is 2.27 bits per heavy atom. The van der Waals surface area contributed by atoms with Gasteiger partial charge in [-0.1, -0.05) is 6.92 Å². The third-order valence-corrected chi connectivity index (χ3v) is 3.38. The summed E-state index contributed by atoms with van der Waals surface area (Å²) in [6.07, 6.45) is -0.304. The van der Waals surface area contributed by atoms with Gasteiger partial charge in [0, 0.05) is 12.3 Å². The minimum Gasteiger partial charge on any atom is -0.389 e. The summed E-state index contributed by atoms with van der Waals surface area (Å²) in [7, 11) is 0. The van der Waals surface area contributed by atoms with Gasteiger partial charge in [0.15, 0.2) is 0 Å². The smallest absolute Gasteiger partial charge is 0.269 e. The maximum Gasteiger partial charge on any atom is 0.269 e. The summed E-state index contributed by atoms with van der Waals surface area (Å²) < 4.78 is 0. The number of carbonyl (C=O) groups excluding carboxylic acids is 2. The summed E-state index contributed by atoms with van der Waals surface area (Å²) in [6, 6.07) is 0.0137. The lowest BCUT2D eigenvalue weighted by Gasteiger charge is -2.37. The Labute approximate surface area is 92.5 Å². The van der Waals surface area contributed by atoms with Crippen molar-refractivity contribution in [3.8, 4) is 0 Å². The van der Waals surface area contributed by atoms with Crippen LogP contribution in [0.4, 0.5) is 0 Å². The van der Waals surface area contributed by atoms with E-state index in [1.807, 2.05) is 6.92 Å². The van der Waals surface area contributed by atoms with Gasteiger partial charge in [-0.3, -0.25) is 9.59 Å². The van der Waals surface area contributed by atoms with E-state index in [0.29, 0.717) is 12.0 Å². The highest BCUT2D eigenvalue weighted by Gasteiger charge is 2.51. The minimum atomic E-state index is -0.740. The van der Waals surface area contributed by atoms with Crippen LogP contribution in [0.25, 0.3) is 0 Å². The largest absolute Gasteiger partial charge is 0.389 e. The van der Waals surface area contributed by atoms with Crippen LogP contribution in [0.3, 0.4) is 0 Å². The van der Waals surface area contributed by atoms with Crippen LogP contribution in [-0.2, 0) is 9.59 Å². The second-order valence-electron chi connectivity index (χ2n) is 4.08. The normalized spacial score (nSPS) is 31.5. The summed E-state index contributed by atoms with van der Waals surface area (Å²) in [6.45, 7) is 3.49. The highest BCUT2D eigenvalue weighted by molar-refractivity contribution is 6.67. The van der Waals surface area contributed by atoms with Gasteiger partial charge in [-0.25, -0.2) is 0 Å². The first kappa shape index (κ1) is 10.6. The summed E-state index contributed by atoms with van der Waals surface area (Å²) in [5.41, 5.74) is 0.784. The molecule has 2 heterocycles. The van der Waals surface area contributed by atoms with E-state index in [1.165, 1.54) is 4.90 Å². The molecule has 5 heteroatoms. The molecule has 1 N–H and O–H groups in total. The minimum absolute atomic E-state index is 0.0137. The number of amides is 1. The molecule has 0 aromatic heterocycles. The lowest BCUT2D eigenvalue weighted by Crippen LogP contribution is -2.51. The molecule has 1 amide bonds. The average molecular weight is 230 g/mol. The van der Waals surface area contributed by atoms with Gasteiger partial charge in [0.1, 0.15) is 5.70 Å². The van der Waals surface area contributed by atoms with Crippen molar-refractivity contribution in [1.29, 1.82) is 0 Å². The van der Waals surface area contributed by atoms with E-state index in [4.69, 9.17) is 11.6 Å². The first-order valence-electron chi connectivity index (χ1n) is 4.89. The maximum absolute atomic E-state index is 11.3. The summed E-state index contributed by atoms with van der Waals surface area (Å²) >= 11 is 5.45. The van der Waals surface area contributed by atoms with Gasteiger partial charge in [-0.2, -0.15) is 0 Å². The van der Waals surface area contributed by atoms with Gasteiger partial charge in [-0.05, 0) is 24.1 Å². The number of hydrogen-bond donors (Lipinski definition) is 1. The summed E-state index contributed by atoms with van der Waals surface area (Å²) in [4.78, 5) is 24.0. The van der Waals surface area contributed by atoms with Crippen molar-refractivity contribution in [3.05, 3.63) is 11.3 Å². The van der Waals surface area contributed by atoms with E-state index in [9.17, 15) is 14.7 Å². The Hall–Kier alpha value is -0.870. The van der Waals surface area contributed by atoms with E-state index in [1.54, 1.807) is 6.92 Å². The molecule has 1 saturated heterocycles. The van der Waals surface area contributed by atoms with Crippen molar-refractivity contribution in [2.24, 2.45) is 5.92 Å². The third-order valence-electron chi connectivity index (χ3n) is 3.20. The van der Waals surface area contributed by atoms with E-state index < -0.39 is 11.3 Å². The Morgan fingerprint density at radius 3 is 2.67 bits per heavy atom. The van der Waals surface area contributed by atoms with Crippen molar-refractivity contribution in [2.45, 2.75) is 32.4 Å². The van der Waals surface area contributed by atoms with E-state index in [0.717, 1.165) is 0 Å². The number of aliphatic hydroxyl groups is 1. The maximum atomic E-state index is 11.3. The van der Waals surface area contributed by atoms with Crippen molar-refractivity contribution < 1.29 is 14.7 Å². The Bertz CT molecular complexity index is 375. The number of rotatable bonds is 2. The lowest BCUT2D eigenvalue weighted by molar-refractivity contribution is -0.143. The standard InChI is InChI=1S/C10H12ClNO3/c1-4-6-3-7(14)12(6)9(10(11)15)8(4)5(2)13/h4-6,13H,3H2,1-2H3/t4?,5-,6?/m1/s1. The van der Waals surface area contributed by atoms with Gasteiger partial charge >= 0.3 is 0 Å². The van der Waals surface area contributed by atoms with Crippen LogP contribution in [0.15, 0.2) is 11.3 Å². The molecule has 0 radical (unpaired) electrons. The van der Waals surface area contributed by atoms with Crippen LogP contribution in [0.2, 0.25) is 0 Å². The van der Waals surface area contributed by atoms with Crippen molar-refractivity contribution in [2.75, 3.05) is 0 Å². The monoisotopic (exact) mass is 229 g/mol. The predicted octanol–water partition coefficient (Wildman–Crippen LogP) is 0.637. The highest BCUT2D eigenvalue weighted by Crippen LogP contribution is 2.44. The summed E-state index contributed by atoms with van der Waals surface area (Å²) in [5, 5.41) is 8.93. The quantitative estimate of drug-likeness (QED) is 0.558. The molecule has 3 atom stereocenters. The number of nitrogens with zero attached hydrogens (tertiary/aromatic N) is 1. The fourth-order valence-corrected chi connectivity index (χ4v) is 2.68. The van der Waals surface area contributed by atoms with Crippen molar-refractivity contribution >= 4 is 22.8 Å². The van der Waals surface area contributed by atoms with Gasteiger partial charge < -0.3 is 10.0 Å². The average Bonchev–Trinajstić information content (AvgIpc) is 2.34. The SMILES string of the molecule is CC1C([C@@H](C)O)=C(C(=O)Cl)N2C(=O)CC12. The molecule has 2 unspecified atom stereocenters. The predicted molar refractivity (Wildman–Crippen MR) is 54.0 cm³/mol. The Kier molecular flexibility index (Phi) is 2.35. The van der Waals surface area contributed by atoms with Gasteiger partial charge in [0.25, 0.3) is 5.24 Å². The Balaban J connectivity index is 2.47. The van der Waals surface area contributed by atoms with Crippen LogP contribution in [0.5, 0.6) is 0 Å². The van der Waals surface area contributed by atoms with Crippen LogP contribution >= 0.6 is 11.6 Å². The topological polar surface area (TPSA) is 57.6 Å². The first-order chi connectivity index (χ1) is 6.95. The van der Waals surface area contributed by atoms with E-state index in [2.05, 4.69) is 0 Å². The van der Waals surface area contributed by atoms with E-state index >= 15 is 0 Å².